The number of aliphatic hydroxyl groups excluding tert-OH is 2. The zero-order valence-corrected chi connectivity index (χ0v) is 21.0. The Morgan fingerprint density at radius 3 is 2.14 bits per heavy atom. The number of nitrogens with zero attached hydrogens (tertiary/aromatic N) is 1. The Morgan fingerprint density at radius 1 is 1.00 bits per heavy atom. The van der Waals surface area contributed by atoms with Gasteiger partial charge in [0.2, 0.25) is 5.91 Å². The molecular formula is C28H36FN3O4. The van der Waals surface area contributed by atoms with Crippen molar-refractivity contribution in [1.82, 2.24) is 4.57 Å². The van der Waals surface area contributed by atoms with Crippen molar-refractivity contribution < 1.29 is 24.2 Å². The molecule has 7 nitrogen and oxygen atoms in total. The van der Waals surface area contributed by atoms with Crippen LogP contribution in [0.4, 0.5) is 4.39 Å². The maximum absolute atomic E-state index is 13.7. The normalized spacial score (nSPS) is 12.6. The number of nitrogens with two attached hydrogens (primary N) is 2. The van der Waals surface area contributed by atoms with Gasteiger partial charge in [0, 0.05) is 23.4 Å². The van der Waals surface area contributed by atoms with Crippen LogP contribution >= 0.6 is 0 Å². The van der Waals surface area contributed by atoms with Gasteiger partial charge in [-0.1, -0.05) is 44.2 Å². The Hall–Kier alpha value is -3.33. The fourth-order valence-electron chi connectivity index (χ4n) is 4.46. The summed E-state index contributed by atoms with van der Waals surface area (Å²) in [6.07, 6.45) is -0.967. The molecular weight excluding hydrogens is 461 g/mol. The summed E-state index contributed by atoms with van der Waals surface area (Å²) in [5.41, 5.74) is 14.1. The van der Waals surface area contributed by atoms with Crippen molar-refractivity contribution in [1.29, 1.82) is 0 Å². The Kier molecular flexibility index (Phi) is 11.0. The van der Waals surface area contributed by atoms with Crippen LogP contribution in [0, 0.1) is 5.82 Å². The van der Waals surface area contributed by atoms with Crippen molar-refractivity contribution in [3.05, 3.63) is 71.7 Å². The predicted octanol–water partition coefficient (Wildman–Crippen LogP) is 3.85. The van der Waals surface area contributed by atoms with Crippen LogP contribution in [0.2, 0.25) is 0 Å². The van der Waals surface area contributed by atoms with Crippen molar-refractivity contribution in [2.45, 2.75) is 57.8 Å². The number of carbonyl (C=O) groups excluding carboxylic acids is 2. The lowest BCUT2D eigenvalue weighted by Crippen LogP contribution is -2.25. The van der Waals surface area contributed by atoms with Crippen LogP contribution in [-0.2, 0) is 11.3 Å². The van der Waals surface area contributed by atoms with E-state index in [1.807, 2.05) is 48.7 Å². The zero-order chi connectivity index (χ0) is 26.8. The number of hydrogen-bond acceptors (Lipinski definition) is 5. The summed E-state index contributed by atoms with van der Waals surface area (Å²) in [5.74, 6) is -0.995. The minimum Gasteiger partial charge on any atom is -0.393 e. The molecule has 2 unspecified atom stereocenters. The first kappa shape index (κ1) is 28.9. The molecule has 0 saturated carbocycles. The minimum atomic E-state index is -1.02. The predicted molar refractivity (Wildman–Crippen MR) is 140 cm³/mol. The number of amides is 1. The van der Waals surface area contributed by atoms with Gasteiger partial charge < -0.3 is 26.2 Å². The minimum absolute atomic E-state index is 0.00513. The highest BCUT2D eigenvalue weighted by Crippen LogP contribution is 2.41. The molecule has 2 atom stereocenters. The standard InChI is InChI=1S/C27H31FN2O4.CH5N/c1-17(2)26-23(16-31)25(18-6-4-3-5-7-18)27(19-8-10-20(28)11-9-19)30(26)13-12-21(32)14-22(33)15-24(29)34;1-2/h3-11,16-17,21-22,32-33H,12-15H2,1-2H3,(H2,29,34);2H2,1H3. The van der Waals surface area contributed by atoms with Gasteiger partial charge in [-0.25, -0.2) is 4.39 Å². The number of aliphatic hydroxyl groups is 2. The van der Waals surface area contributed by atoms with Crippen molar-refractivity contribution in [3.63, 3.8) is 0 Å². The smallest absolute Gasteiger partial charge is 0.220 e. The average molecular weight is 498 g/mol. The zero-order valence-electron chi connectivity index (χ0n) is 21.0. The van der Waals surface area contributed by atoms with Crippen molar-refractivity contribution >= 4 is 12.2 Å². The van der Waals surface area contributed by atoms with Crippen LogP contribution in [0.5, 0.6) is 0 Å². The van der Waals surface area contributed by atoms with Crippen LogP contribution in [0.15, 0.2) is 54.6 Å². The van der Waals surface area contributed by atoms with Gasteiger partial charge in [0.05, 0.1) is 24.3 Å². The second-order valence-corrected chi connectivity index (χ2v) is 8.82. The molecule has 0 aliphatic heterocycles. The van der Waals surface area contributed by atoms with Crippen LogP contribution in [0.25, 0.3) is 22.4 Å². The van der Waals surface area contributed by atoms with Crippen LogP contribution in [0.3, 0.4) is 0 Å². The Morgan fingerprint density at radius 2 is 1.61 bits per heavy atom. The Balaban J connectivity index is 0.00000222. The third kappa shape index (κ3) is 7.10. The van der Waals surface area contributed by atoms with Gasteiger partial charge in [-0.3, -0.25) is 9.59 Å². The molecule has 194 valence electrons. The number of hydrogen-bond donors (Lipinski definition) is 4. The quantitative estimate of drug-likeness (QED) is 0.299. The van der Waals surface area contributed by atoms with Crippen molar-refractivity contribution in [3.8, 4) is 22.4 Å². The highest BCUT2D eigenvalue weighted by atomic mass is 19.1. The Labute approximate surface area is 211 Å². The molecule has 6 N–H and O–H groups in total. The molecule has 0 spiro atoms. The summed E-state index contributed by atoms with van der Waals surface area (Å²) < 4.78 is 15.7. The molecule has 3 rings (SSSR count). The second-order valence-electron chi connectivity index (χ2n) is 8.82. The number of halogens is 1. The lowest BCUT2D eigenvalue weighted by Gasteiger charge is -2.20. The summed E-state index contributed by atoms with van der Waals surface area (Å²) in [5, 5.41) is 20.5. The van der Waals surface area contributed by atoms with E-state index in [0.29, 0.717) is 12.1 Å². The first-order chi connectivity index (χ1) is 17.2. The third-order valence-corrected chi connectivity index (χ3v) is 5.85. The second kappa shape index (κ2) is 13.7. The van der Waals surface area contributed by atoms with Crippen molar-refractivity contribution in [2.24, 2.45) is 11.5 Å². The van der Waals surface area contributed by atoms with Crippen molar-refractivity contribution in [2.75, 3.05) is 7.05 Å². The molecule has 1 amide bonds. The van der Waals surface area contributed by atoms with E-state index in [2.05, 4.69) is 5.73 Å². The van der Waals surface area contributed by atoms with Gasteiger partial charge in [-0.2, -0.15) is 0 Å². The number of carbonyl (C=O) groups is 2. The summed E-state index contributed by atoms with van der Waals surface area (Å²) in [6, 6.07) is 15.7. The van der Waals surface area contributed by atoms with E-state index in [0.717, 1.165) is 34.4 Å². The van der Waals surface area contributed by atoms with Gasteiger partial charge in [0.1, 0.15) is 5.82 Å². The molecule has 2 aromatic carbocycles. The van der Waals surface area contributed by atoms with Crippen LogP contribution < -0.4 is 11.5 Å². The van der Waals surface area contributed by atoms with Gasteiger partial charge in [-0.15, -0.1) is 0 Å². The molecule has 36 heavy (non-hydrogen) atoms. The lowest BCUT2D eigenvalue weighted by molar-refractivity contribution is -0.120. The summed E-state index contributed by atoms with van der Waals surface area (Å²) in [4.78, 5) is 23.4. The van der Waals surface area contributed by atoms with E-state index in [1.165, 1.54) is 19.2 Å². The largest absolute Gasteiger partial charge is 0.393 e. The fourth-order valence-corrected chi connectivity index (χ4v) is 4.46. The monoisotopic (exact) mass is 497 g/mol. The summed E-state index contributed by atoms with van der Waals surface area (Å²) in [6.45, 7) is 4.35. The van der Waals surface area contributed by atoms with E-state index in [1.54, 1.807) is 12.1 Å². The molecule has 0 aliphatic rings. The van der Waals surface area contributed by atoms with E-state index in [9.17, 15) is 24.2 Å². The molecule has 0 fully saturated rings. The molecule has 3 aromatic rings. The van der Waals surface area contributed by atoms with Gasteiger partial charge in [0.15, 0.2) is 6.29 Å². The number of primary amides is 1. The molecule has 0 saturated heterocycles. The molecule has 0 bridgehead atoms. The highest BCUT2D eigenvalue weighted by molar-refractivity contribution is 5.97. The van der Waals surface area contributed by atoms with Crippen LogP contribution in [-0.4, -0.2) is 46.2 Å². The topological polar surface area (TPSA) is 132 Å². The summed E-state index contributed by atoms with van der Waals surface area (Å²) in [7, 11) is 1.50. The molecule has 0 radical (unpaired) electrons. The van der Waals surface area contributed by atoms with Crippen LogP contribution in [0.1, 0.15) is 55.1 Å². The van der Waals surface area contributed by atoms with E-state index in [-0.39, 0.29) is 31.0 Å². The fraction of sp³-hybridized carbons (Fsp3) is 0.357. The SMILES string of the molecule is CC(C)c1c(C=O)c(-c2ccccc2)c(-c2ccc(F)cc2)n1CCC(O)CC(O)CC(N)=O.CN. The molecule has 8 heteroatoms. The van der Waals surface area contributed by atoms with Gasteiger partial charge in [-0.05, 0) is 61.2 Å². The number of aromatic nitrogens is 1. The van der Waals surface area contributed by atoms with E-state index >= 15 is 0 Å². The third-order valence-electron chi connectivity index (χ3n) is 5.85. The van der Waals surface area contributed by atoms with Gasteiger partial charge >= 0.3 is 0 Å². The molecule has 0 aliphatic carbocycles. The number of rotatable bonds is 11. The highest BCUT2D eigenvalue weighted by Gasteiger charge is 2.26. The van der Waals surface area contributed by atoms with E-state index in [4.69, 9.17) is 5.73 Å². The van der Waals surface area contributed by atoms with Gasteiger partial charge in [0.25, 0.3) is 0 Å². The maximum atomic E-state index is 13.7. The summed E-state index contributed by atoms with van der Waals surface area (Å²) >= 11 is 0. The molecule has 1 heterocycles. The lowest BCUT2D eigenvalue weighted by atomic mass is 9.96. The first-order valence-electron chi connectivity index (χ1n) is 12.0. The van der Waals surface area contributed by atoms with E-state index < -0.39 is 18.1 Å². The first-order valence-corrected chi connectivity index (χ1v) is 12.0. The molecule has 1 aromatic heterocycles. The number of benzene rings is 2. The maximum Gasteiger partial charge on any atom is 0.220 e. The average Bonchev–Trinajstić information content (AvgIpc) is 3.19. The number of aldehydes is 1. The Bertz CT molecular complexity index is 1130.